The van der Waals surface area contributed by atoms with E-state index in [1.807, 2.05) is 18.2 Å². The Labute approximate surface area is 174 Å². The summed E-state index contributed by atoms with van der Waals surface area (Å²) in [5.74, 6) is 0.102. The van der Waals surface area contributed by atoms with Crippen molar-refractivity contribution in [2.75, 3.05) is 50.8 Å². The Balaban J connectivity index is 1.28. The van der Waals surface area contributed by atoms with Crippen LogP contribution in [0.5, 0.6) is 0 Å². The van der Waals surface area contributed by atoms with Crippen LogP contribution in [-0.4, -0.2) is 56.7 Å². The minimum absolute atomic E-state index is 0.0800. The third kappa shape index (κ3) is 6.58. The standard InChI is InChI=1S/C24H33N3O2/c1-20-9-6-7-12-23(20)27-16-14-26(15-17-27)19-24(28)25-13-8-18-29-21(2)22-10-4-3-5-11-22/h3-7,9-12,21H,8,13-19H2,1-2H3,(H,25,28). The van der Waals surface area contributed by atoms with Crippen LogP contribution in [0, 0.1) is 6.92 Å². The Bertz CT molecular complexity index is 758. The molecule has 0 spiro atoms. The lowest BCUT2D eigenvalue weighted by Crippen LogP contribution is -2.49. The predicted molar refractivity (Wildman–Crippen MR) is 118 cm³/mol. The van der Waals surface area contributed by atoms with Crippen molar-refractivity contribution >= 4 is 11.6 Å². The summed E-state index contributed by atoms with van der Waals surface area (Å²) in [5, 5.41) is 3.02. The monoisotopic (exact) mass is 395 g/mol. The van der Waals surface area contributed by atoms with Gasteiger partial charge in [0.05, 0.1) is 12.6 Å². The van der Waals surface area contributed by atoms with E-state index < -0.39 is 0 Å². The maximum atomic E-state index is 12.2. The van der Waals surface area contributed by atoms with Gasteiger partial charge in [0.1, 0.15) is 0 Å². The number of amides is 1. The number of benzene rings is 2. The minimum atomic E-state index is 0.0800. The third-order valence-corrected chi connectivity index (χ3v) is 5.48. The van der Waals surface area contributed by atoms with E-state index in [4.69, 9.17) is 4.74 Å². The first-order valence-corrected chi connectivity index (χ1v) is 10.6. The van der Waals surface area contributed by atoms with Crippen LogP contribution in [0.1, 0.15) is 30.6 Å². The summed E-state index contributed by atoms with van der Waals surface area (Å²) in [7, 11) is 0. The van der Waals surface area contributed by atoms with Crippen LogP contribution >= 0.6 is 0 Å². The number of hydrogen-bond donors (Lipinski definition) is 1. The van der Waals surface area contributed by atoms with Gasteiger partial charge in [-0.15, -0.1) is 0 Å². The molecule has 1 amide bonds. The number of nitrogens with zero attached hydrogens (tertiary/aromatic N) is 2. The number of nitrogens with one attached hydrogen (secondary N) is 1. The lowest BCUT2D eigenvalue weighted by Gasteiger charge is -2.36. The summed E-state index contributed by atoms with van der Waals surface area (Å²) in [6, 6.07) is 18.7. The summed E-state index contributed by atoms with van der Waals surface area (Å²) in [5.41, 5.74) is 3.80. The Hall–Kier alpha value is -2.37. The topological polar surface area (TPSA) is 44.8 Å². The van der Waals surface area contributed by atoms with E-state index in [9.17, 15) is 4.79 Å². The lowest BCUT2D eigenvalue weighted by atomic mass is 10.1. The smallest absolute Gasteiger partial charge is 0.234 e. The van der Waals surface area contributed by atoms with Gasteiger partial charge in [-0.05, 0) is 37.5 Å². The molecule has 5 heteroatoms. The van der Waals surface area contributed by atoms with Crippen molar-refractivity contribution in [3.63, 3.8) is 0 Å². The van der Waals surface area contributed by atoms with Gasteiger partial charge in [-0.3, -0.25) is 9.69 Å². The highest BCUT2D eigenvalue weighted by molar-refractivity contribution is 5.78. The fourth-order valence-electron chi connectivity index (χ4n) is 3.70. The molecule has 1 N–H and O–H groups in total. The molecule has 3 rings (SSSR count). The van der Waals surface area contributed by atoms with Crippen LogP contribution in [0.3, 0.4) is 0 Å². The average Bonchev–Trinajstić information content (AvgIpc) is 2.75. The molecular weight excluding hydrogens is 362 g/mol. The molecule has 2 aromatic carbocycles. The second kappa shape index (κ2) is 11.0. The zero-order chi connectivity index (χ0) is 20.5. The summed E-state index contributed by atoms with van der Waals surface area (Å²) in [4.78, 5) is 16.9. The fourth-order valence-corrected chi connectivity index (χ4v) is 3.70. The van der Waals surface area contributed by atoms with E-state index in [1.54, 1.807) is 0 Å². The number of aryl methyl sites for hydroxylation is 1. The van der Waals surface area contributed by atoms with Crippen molar-refractivity contribution in [3.05, 3.63) is 65.7 Å². The molecule has 0 saturated carbocycles. The summed E-state index contributed by atoms with van der Waals surface area (Å²) in [6.45, 7) is 9.74. The highest BCUT2D eigenvalue weighted by Crippen LogP contribution is 2.20. The van der Waals surface area contributed by atoms with Crippen molar-refractivity contribution in [1.82, 2.24) is 10.2 Å². The molecule has 1 saturated heterocycles. The molecule has 2 aromatic rings. The molecule has 0 bridgehead atoms. The van der Waals surface area contributed by atoms with E-state index in [2.05, 4.69) is 65.4 Å². The largest absolute Gasteiger partial charge is 0.374 e. The SMILES string of the molecule is Cc1ccccc1N1CCN(CC(=O)NCCCOC(C)c2ccccc2)CC1. The Kier molecular flexibility index (Phi) is 8.08. The van der Waals surface area contributed by atoms with Crippen LogP contribution in [0.15, 0.2) is 54.6 Å². The molecule has 1 unspecified atom stereocenters. The molecule has 1 atom stereocenters. The first-order chi connectivity index (χ1) is 14.1. The predicted octanol–water partition coefficient (Wildman–Crippen LogP) is 3.40. The van der Waals surface area contributed by atoms with E-state index in [0.29, 0.717) is 19.7 Å². The molecule has 0 aliphatic carbocycles. The van der Waals surface area contributed by atoms with E-state index in [-0.39, 0.29) is 12.0 Å². The lowest BCUT2D eigenvalue weighted by molar-refractivity contribution is -0.122. The average molecular weight is 396 g/mol. The molecule has 0 radical (unpaired) electrons. The van der Waals surface area contributed by atoms with Crippen LogP contribution in [0.25, 0.3) is 0 Å². The molecule has 1 fully saturated rings. The number of anilines is 1. The van der Waals surface area contributed by atoms with Gasteiger partial charge in [-0.1, -0.05) is 48.5 Å². The summed E-state index contributed by atoms with van der Waals surface area (Å²) < 4.78 is 5.86. The maximum Gasteiger partial charge on any atom is 0.234 e. The van der Waals surface area contributed by atoms with Crippen molar-refractivity contribution in [1.29, 1.82) is 0 Å². The van der Waals surface area contributed by atoms with Crippen molar-refractivity contribution < 1.29 is 9.53 Å². The second-order valence-electron chi connectivity index (χ2n) is 7.68. The first-order valence-electron chi connectivity index (χ1n) is 10.6. The zero-order valence-corrected chi connectivity index (χ0v) is 17.6. The quantitative estimate of drug-likeness (QED) is 0.661. The number of carbonyl (C=O) groups excluding carboxylic acids is 1. The van der Waals surface area contributed by atoms with Gasteiger partial charge in [-0.25, -0.2) is 0 Å². The molecule has 1 aliphatic heterocycles. The van der Waals surface area contributed by atoms with Crippen LogP contribution in [-0.2, 0) is 9.53 Å². The summed E-state index contributed by atoms with van der Waals surface area (Å²) in [6.07, 6.45) is 0.903. The molecule has 1 aliphatic rings. The normalized spacial score (nSPS) is 15.9. The number of ether oxygens (including phenoxy) is 1. The van der Waals surface area contributed by atoms with Gasteiger partial charge in [0.2, 0.25) is 5.91 Å². The Morgan fingerprint density at radius 1 is 1.03 bits per heavy atom. The van der Waals surface area contributed by atoms with Gasteiger partial charge in [-0.2, -0.15) is 0 Å². The molecule has 0 aromatic heterocycles. The van der Waals surface area contributed by atoms with E-state index in [0.717, 1.165) is 32.6 Å². The molecule has 156 valence electrons. The maximum absolute atomic E-state index is 12.2. The number of carbonyl (C=O) groups is 1. The molecule has 5 nitrogen and oxygen atoms in total. The van der Waals surface area contributed by atoms with Crippen molar-refractivity contribution in [2.24, 2.45) is 0 Å². The van der Waals surface area contributed by atoms with Gasteiger partial charge >= 0.3 is 0 Å². The minimum Gasteiger partial charge on any atom is -0.374 e. The molecule has 1 heterocycles. The van der Waals surface area contributed by atoms with E-state index >= 15 is 0 Å². The highest BCUT2D eigenvalue weighted by Gasteiger charge is 2.19. The second-order valence-corrected chi connectivity index (χ2v) is 7.68. The summed E-state index contributed by atoms with van der Waals surface area (Å²) >= 11 is 0. The van der Waals surface area contributed by atoms with Gasteiger partial charge < -0.3 is 15.0 Å². The number of rotatable bonds is 9. The highest BCUT2D eigenvalue weighted by atomic mass is 16.5. The van der Waals surface area contributed by atoms with E-state index in [1.165, 1.54) is 16.8 Å². The molecule has 29 heavy (non-hydrogen) atoms. The molecular formula is C24H33N3O2. The van der Waals surface area contributed by atoms with Gasteiger partial charge in [0, 0.05) is 45.0 Å². The van der Waals surface area contributed by atoms with Crippen LogP contribution in [0.2, 0.25) is 0 Å². The Morgan fingerprint density at radius 3 is 2.45 bits per heavy atom. The zero-order valence-electron chi connectivity index (χ0n) is 17.6. The van der Waals surface area contributed by atoms with Crippen LogP contribution in [0.4, 0.5) is 5.69 Å². The fraction of sp³-hybridized carbons (Fsp3) is 0.458. The third-order valence-electron chi connectivity index (χ3n) is 5.48. The van der Waals surface area contributed by atoms with Gasteiger partial charge in [0.25, 0.3) is 0 Å². The van der Waals surface area contributed by atoms with Crippen molar-refractivity contribution in [3.8, 4) is 0 Å². The Morgan fingerprint density at radius 2 is 1.72 bits per heavy atom. The van der Waals surface area contributed by atoms with Crippen LogP contribution < -0.4 is 10.2 Å². The number of piperazine rings is 1. The van der Waals surface area contributed by atoms with Crippen molar-refractivity contribution in [2.45, 2.75) is 26.4 Å². The first kappa shape index (κ1) is 21.3. The van der Waals surface area contributed by atoms with Gasteiger partial charge in [0.15, 0.2) is 0 Å². The number of para-hydroxylation sites is 1. The number of hydrogen-bond acceptors (Lipinski definition) is 4.